The number of carbonyl (C=O) groups is 1. The number of nitrogens with one attached hydrogen (secondary N) is 1. The average molecular weight is 393 g/mol. The quantitative estimate of drug-likeness (QED) is 0.676. The molecule has 2 aromatic heterocycles. The minimum absolute atomic E-state index is 0.157. The van der Waals surface area contributed by atoms with Crippen LogP contribution in [0.5, 0.6) is 0 Å². The number of nitrogens with zero attached hydrogens (tertiary/aromatic N) is 5. The monoisotopic (exact) mass is 392 g/mol. The number of hydrogen-bond donors (Lipinski definition) is 1. The lowest BCUT2D eigenvalue weighted by molar-refractivity contribution is 0.0926. The highest BCUT2D eigenvalue weighted by atomic mass is 16.1. The van der Waals surface area contributed by atoms with Gasteiger partial charge in [-0.3, -0.25) is 14.3 Å². The Balaban J connectivity index is 1.42. The van der Waals surface area contributed by atoms with E-state index in [9.17, 15) is 4.79 Å². The minimum atomic E-state index is 0.157. The molecule has 0 aliphatic carbocycles. The molecule has 0 unspecified atom stereocenters. The number of aryl methyl sites for hydroxylation is 2. The standard InChI is InChI=1S/C22H28N6O/c1-15-6-5-7-20(17(15)3)27-10-8-26(9-11-27)13-21(29)19-12-16(2)28(18(19)4)22-23-14-24-25-22/h5-7,12,14H,8-11,13H2,1-4H3,(H,23,24,25). The molecule has 0 atom stereocenters. The fourth-order valence-corrected chi connectivity index (χ4v) is 4.19. The van der Waals surface area contributed by atoms with E-state index in [0.29, 0.717) is 12.5 Å². The first-order chi connectivity index (χ1) is 14.0. The second-order valence-electron chi connectivity index (χ2n) is 7.83. The summed E-state index contributed by atoms with van der Waals surface area (Å²) in [6.07, 6.45) is 1.48. The lowest BCUT2D eigenvalue weighted by Gasteiger charge is -2.36. The molecule has 1 fully saturated rings. The number of aromatic nitrogens is 4. The lowest BCUT2D eigenvalue weighted by Crippen LogP contribution is -2.48. The van der Waals surface area contributed by atoms with Gasteiger partial charge in [-0.15, -0.1) is 0 Å². The zero-order chi connectivity index (χ0) is 20.5. The van der Waals surface area contributed by atoms with Crippen LogP contribution < -0.4 is 4.90 Å². The summed E-state index contributed by atoms with van der Waals surface area (Å²) in [4.78, 5) is 21.9. The lowest BCUT2D eigenvalue weighted by atomic mass is 10.1. The largest absolute Gasteiger partial charge is 0.369 e. The molecule has 1 aliphatic rings. The van der Waals surface area contributed by atoms with Crippen molar-refractivity contribution < 1.29 is 4.79 Å². The van der Waals surface area contributed by atoms with Gasteiger partial charge in [-0.05, 0) is 51.0 Å². The van der Waals surface area contributed by atoms with Gasteiger partial charge in [-0.2, -0.15) is 10.1 Å². The summed E-state index contributed by atoms with van der Waals surface area (Å²) in [7, 11) is 0. The van der Waals surface area contributed by atoms with Crippen molar-refractivity contribution in [3.05, 3.63) is 58.7 Å². The smallest absolute Gasteiger partial charge is 0.229 e. The molecular formula is C22H28N6O. The van der Waals surface area contributed by atoms with Crippen LogP contribution in [0.25, 0.3) is 5.95 Å². The number of benzene rings is 1. The van der Waals surface area contributed by atoms with E-state index in [0.717, 1.165) is 43.1 Å². The number of Topliss-reactive ketones (excluding diaryl/α,β-unsaturated/α-hetero) is 1. The van der Waals surface area contributed by atoms with E-state index in [1.54, 1.807) is 0 Å². The SMILES string of the molecule is Cc1cccc(N2CCN(CC(=O)c3cc(C)n(-c4ncn[nH]4)c3C)CC2)c1C. The summed E-state index contributed by atoms with van der Waals surface area (Å²) in [5, 5.41) is 6.79. The van der Waals surface area contributed by atoms with E-state index < -0.39 is 0 Å². The van der Waals surface area contributed by atoms with Gasteiger partial charge in [-0.1, -0.05) is 12.1 Å². The molecule has 0 radical (unpaired) electrons. The molecule has 4 rings (SSSR count). The van der Waals surface area contributed by atoms with Crippen LogP contribution in [0.1, 0.15) is 32.9 Å². The van der Waals surface area contributed by atoms with Gasteiger partial charge >= 0.3 is 0 Å². The third-order valence-electron chi connectivity index (χ3n) is 6.00. The first-order valence-corrected chi connectivity index (χ1v) is 10.1. The van der Waals surface area contributed by atoms with Crippen LogP contribution in [0.2, 0.25) is 0 Å². The molecule has 0 bridgehead atoms. The van der Waals surface area contributed by atoms with E-state index in [4.69, 9.17) is 0 Å². The Labute approximate surface area is 171 Å². The number of ketones is 1. The van der Waals surface area contributed by atoms with E-state index >= 15 is 0 Å². The number of carbonyl (C=O) groups excluding carboxylic acids is 1. The summed E-state index contributed by atoms with van der Waals surface area (Å²) in [5.74, 6) is 0.797. The van der Waals surface area contributed by atoms with Crippen molar-refractivity contribution in [2.24, 2.45) is 0 Å². The molecular weight excluding hydrogens is 364 g/mol. The third kappa shape index (κ3) is 3.70. The summed E-state index contributed by atoms with van der Waals surface area (Å²) in [6.45, 7) is 12.4. The van der Waals surface area contributed by atoms with Gasteiger partial charge in [0.25, 0.3) is 0 Å². The topological polar surface area (TPSA) is 70.1 Å². The summed E-state index contributed by atoms with van der Waals surface area (Å²) < 4.78 is 1.94. The molecule has 7 nitrogen and oxygen atoms in total. The van der Waals surface area contributed by atoms with E-state index in [-0.39, 0.29) is 5.78 Å². The van der Waals surface area contributed by atoms with Crippen LogP contribution >= 0.6 is 0 Å². The van der Waals surface area contributed by atoms with Gasteiger partial charge in [0, 0.05) is 48.8 Å². The van der Waals surface area contributed by atoms with Crippen LogP contribution in [0.15, 0.2) is 30.6 Å². The highest BCUT2D eigenvalue weighted by Crippen LogP contribution is 2.24. The summed E-state index contributed by atoms with van der Waals surface area (Å²) in [6, 6.07) is 8.43. The first kappa shape index (κ1) is 19.4. The molecule has 1 saturated heterocycles. The Morgan fingerprint density at radius 1 is 1.10 bits per heavy atom. The van der Waals surface area contributed by atoms with Gasteiger partial charge in [0.2, 0.25) is 5.95 Å². The predicted molar refractivity (Wildman–Crippen MR) is 114 cm³/mol. The third-order valence-corrected chi connectivity index (χ3v) is 6.00. The first-order valence-electron chi connectivity index (χ1n) is 10.1. The zero-order valence-corrected chi connectivity index (χ0v) is 17.6. The average Bonchev–Trinajstić information content (AvgIpc) is 3.32. The molecule has 3 heterocycles. The fraction of sp³-hybridized carbons (Fsp3) is 0.409. The molecule has 3 aromatic rings. The number of H-pyrrole nitrogens is 1. The van der Waals surface area contributed by atoms with E-state index in [2.05, 4.69) is 57.0 Å². The van der Waals surface area contributed by atoms with Gasteiger partial charge < -0.3 is 4.90 Å². The highest BCUT2D eigenvalue weighted by Gasteiger charge is 2.23. The van der Waals surface area contributed by atoms with Crippen molar-refractivity contribution in [3.63, 3.8) is 0 Å². The Hall–Kier alpha value is -2.93. The minimum Gasteiger partial charge on any atom is -0.369 e. The molecule has 7 heteroatoms. The van der Waals surface area contributed by atoms with Crippen molar-refractivity contribution in [1.82, 2.24) is 24.6 Å². The summed E-state index contributed by atoms with van der Waals surface area (Å²) in [5.41, 5.74) is 6.61. The van der Waals surface area contributed by atoms with Gasteiger partial charge in [0.15, 0.2) is 5.78 Å². The van der Waals surface area contributed by atoms with Gasteiger partial charge in [0.1, 0.15) is 6.33 Å². The number of aromatic amines is 1. The van der Waals surface area contributed by atoms with E-state index in [1.165, 1.54) is 23.1 Å². The molecule has 1 N–H and O–H groups in total. The van der Waals surface area contributed by atoms with Crippen molar-refractivity contribution >= 4 is 11.5 Å². The molecule has 0 saturated carbocycles. The Bertz CT molecular complexity index is 1010. The summed E-state index contributed by atoms with van der Waals surface area (Å²) >= 11 is 0. The van der Waals surface area contributed by atoms with Crippen LogP contribution in [0.3, 0.4) is 0 Å². The molecule has 1 aliphatic heterocycles. The number of anilines is 1. The normalized spacial score (nSPS) is 15.1. The highest BCUT2D eigenvalue weighted by molar-refractivity contribution is 5.99. The van der Waals surface area contributed by atoms with Crippen LogP contribution in [-0.4, -0.2) is 63.2 Å². The fourth-order valence-electron chi connectivity index (χ4n) is 4.19. The molecule has 29 heavy (non-hydrogen) atoms. The number of rotatable bonds is 5. The number of hydrogen-bond acceptors (Lipinski definition) is 5. The van der Waals surface area contributed by atoms with Crippen LogP contribution in [-0.2, 0) is 0 Å². The second-order valence-corrected chi connectivity index (χ2v) is 7.83. The van der Waals surface area contributed by atoms with Crippen molar-refractivity contribution in [2.45, 2.75) is 27.7 Å². The molecule has 0 spiro atoms. The molecule has 0 amide bonds. The van der Waals surface area contributed by atoms with Crippen molar-refractivity contribution in [1.29, 1.82) is 0 Å². The van der Waals surface area contributed by atoms with Gasteiger partial charge in [-0.25, -0.2) is 5.10 Å². The van der Waals surface area contributed by atoms with Crippen LogP contribution in [0.4, 0.5) is 5.69 Å². The maximum Gasteiger partial charge on any atom is 0.229 e. The van der Waals surface area contributed by atoms with E-state index in [1.807, 2.05) is 24.5 Å². The molecule has 152 valence electrons. The Kier molecular flexibility index (Phi) is 5.24. The predicted octanol–water partition coefficient (Wildman–Crippen LogP) is 2.83. The van der Waals surface area contributed by atoms with Crippen LogP contribution in [0, 0.1) is 27.7 Å². The van der Waals surface area contributed by atoms with Gasteiger partial charge in [0.05, 0.1) is 6.54 Å². The Morgan fingerprint density at radius 3 is 2.55 bits per heavy atom. The van der Waals surface area contributed by atoms with Crippen molar-refractivity contribution in [3.8, 4) is 5.95 Å². The Morgan fingerprint density at radius 2 is 1.86 bits per heavy atom. The maximum absolute atomic E-state index is 13.0. The maximum atomic E-state index is 13.0. The zero-order valence-electron chi connectivity index (χ0n) is 17.6. The van der Waals surface area contributed by atoms with Crippen molar-refractivity contribution in [2.75, 3.05) is 37.6 Å². The second kappa shape index (κ2) is 7.83. The molecule has 1 aromatic carbocycles. The number of piperazine rings is 1.